The van der Waals surface area contributed by atoms with E-state index in [9.17, 15) is 5.11 Å². The fourth-order valence-corrected chi connectivity index (χ4v) is 4.19. The van der Waals surface area contributed by atoms with Gasteiger partial charge in [0.25, 0.3) is 0 Å². The van der Waals surface area contributed by atoms with Crippen LogP contribution in [0.3, 0.4) is 0 Å². The van der Waals surface area contributed by atoms with E-state index in [2.05, 4.69) is 27.0 Å². The summed E-state index contributed by atoms with van der Waals surface area (Å²) >= 11 is 6.62. The summed E-state index contributed by atoms with van der Waals surface area (Å²) in [5.41, 5.74) is 1.01. The van der Waals surface area contributed by atoms with Crippen molar-refractivity contribution in [1.82, 2.24) is 4.98 Å². The zero-order valence-electron chi connectivity index (χ0n) is 9.34. The Bertz CT molecular complexity index is 643. The van der Waals surface area contributed by atoms with Gasteiger partial charge in [0.15, 0.2) is 0 Å². The summed E-state index contributed by atoms with van der Waals surface area (Å²) in [5, 5.41) is 11.1. The van der Waals surface area contributed by atoms with Crippen molar-refractivity contribution in [3.63, 3.8) is 0 Å². The lowest BCUT2D eigenvalue weighted by Gasteiger charge is -2.04. The van der Waals surface area contributed by atoms with Crippen LogP contribution in [0.5, 0.6) is 0 Å². The molecule has 3 aromatic rings. The Hall–Kier alpha value is -0.750. The van der Waals surface area contributed by atoms with Gasteiger partial charge in [-0.1, -0.05) is 12.1 Å². The minimum absolute atomic E-state index is 0.470. The van der Waals surface area contributed by atoms with Gasteiger partial charge < -0.3 is 5.11 Å². The maximum atomic E-state index is 10.2. The monoisotopic (exact) mass is 339 g/mol. The topological polar surface area (TPSA) is 33.1 Å². The molecule has 0 aliphatic rings. The predicted octanol–water partition coefficient (Wildman–Crippen LogP) is 4.40. The van der Waals surface area contributed by atoms with Crippen molar-refractivity contribution in [3.05, 3.63) is 50.1 Å². The van der Waals surface area contributed by atoms with Gasteiger partial charge in [0.1, 0.15) is 0 Å². The van der Waals surface area contributed by atoms with Crippen molar-refractivity contribution in [1.29, 1.82) is 0 Å². The van der Waals surface area contributed by atoms with Crippen molar-refractivity contribution in [2.75, 3.05) is 0 Å². The number of benzene rings is 1. The molecule has 0 saturated carbocycles. The maximum Gasteiger partial charge on any atom is 0.0968 e. The third kappa shape index (κ3) is 2.49. The van der Waals surface area contributed by atoms with Gasteiger partial charge in [-0.15, -0.1) is 22.7 Å². The summed E-state index contributed by atoms with van der Waals surface area (Å²) in [6.45, 7) is 0. The first-order valence-electron chi connectivity index (χ1n) is 5.50. The van der Waals surface area contributed by atoms with E-state index < -0.39 is 6.10 Å². The van der Waals surface area contributed by atoms with Crippen molar-refractivity contribution >= 4 is 48.8 Å². The molecule has 0 aliphatic carbocycles. The maximum absolute atomic E-state index is 10.2. The molecule has 5 heteroatoms. The highest BCUT2D eigenvalue weighted by Gasteiger charge is 2.13. The summed E-state index contributed by atoms with van der Waals surface area (Å²) in [6.07, 6.45) is 0.105. The standard InChI is InChI=1S/C13H10BrNOS2/c14-12-6-5-11(17-12)9(16)7-13-15-8-3-1-2-4-10(8)18-13/h1-6,9,16H,7H2. The van der Waals surface area contributed by atoms with Gasteiger partial charge in [-0.05, 0) is 40.2 Å². The molecule has 2 nitrogen and oxygen atoms in total. The number of thiophene rings is 1. The number of para-hydroxylation sites is 1. The first-order valence-corrected chi connectivity index (χ1v) is 7.93. The minimum Gasteiger partial charge on any atom is -0.387 e. The summed E-state index contributed by atoms with van der Waals surface area (Å²) in [6, 6.07) is 12.0. The van der Waals surface area contributed by atoms with Crippen molar-refractivity contribution in [3.8, 4) is 0 Å². The van der Waals surface area contributed by atoms with Crippen LogP contribution in [-0.2, 0) is 6.42 Å². The molecule has 1 aromatic carbocycles. The zero-order chi connectivity index (χ0) is 12.5. The predicted molar refractivity (Wildman–Crippen MR) is 80.3 cm³/mol. The summed E-state index contributed by atoms with van der Waals surface area (Å²) in [4.78, 5) is 5.51. The molecule has 2 aromatic heterocycles. The van der Waals surface area contributed by atoms with Crippen molar-refractivity contribution in [2.45, 2.75) is 12.5 Å². The Morgan fingerprint density at radius 2 is 2.00 bits per heavy atom. The molecule has 92 valence electrons. The molecule has 0 aliphatic heterocycles. The van der Waals surface area contributed by atoms with Crippen molar-refractivity contribution in [2.24, 2.45) is 0 Å². The number of rotatable bonds is 3. The molecule has 1 N–H and O–H groups in total. The number of aliphatic hydroxyl groups is 1. The van der Waals surface area contributed by atoms with E-state index in [0.29, 0.717) is 6.42 Å². The normalized spacial score (nSPS) is 13.0. The van der Waals surface area contributed by atoms with Crippen LogP contribution in [0, 0.1) is 0 Å². The number of aliphatic hydroxyl groups excluding tert-OH is 1. The Balaban J connectivity index is 1.83. The third-order valence-corrected chi connectivity index (χ3v) is 5.41. The number of aromatic nitrogens is 1. The van der Waals surface area contributed by atoms with Gasteiger partial charge in [0, 0.05) is 11.3 Å². The van der Waals surface area contributed by atoms with E-state index >= 15 is 0 Å². The van der Waals surface area contributed by atoms with Gasteiger partial charge in [-0.3, -0.25) is 0 Å². The second-order valence-electron chi connectivity index (χ2n) is 3.94. The highest BCUT2D eigenvalue weighted by molar-refractivity contribution is 9.11. The summed E-state index contributed by atoms with van der Waals surface area (Å²) in [7, 11) is 0. The van der Waals surface area contributed by atoms with Gasteiger partial charge in [-0.2, -0.15) is 0 Å². The van der Waals surface area contributed by atoms with E-state index in [-0.39, 0.29) is 0 Å². The average Bonchev–Trinajstić information content (AvgIpc) is 2.94. The van der Waals surface area contributed by atoms with Crippen LogP contribution in [0.1, 0.15) is 16.0 Å². The second-order valence-corrected chi connectivity index (χ2v) is 7.55. The Morgan fingerprint density at radius 3 is 2.72 bits per heavy atom. The molecule has 3 rings (SSSR count). The van der Waals surface area contributed by atoms with Gasteiger partial charge in [0.05, 0.1) is 25.1 Å². The van der Waals surface area contributed by atoms with Gasteiger partial charge >= 0.3 is 0 Å². The molecule has 18 heavy (non-hydrogen) atoms. The van der Waals surface area contributed by atoms with Crippen LogP contribution in [-0.4, -0.2) is 10.1 Å². The van der Waals surface area contributed by atoms with Crippen LogP contribution in [0.2, 0.25) is 0 Å². The van der Waals surface area contributed by atoms with Crippen LogP contribution in [0.15, 0.2) is 40.2 Å². The molecule has 0 saturated heterocycles. The highest BCUT2D eigenvalue weighted by atomic mass is 79.9. The number of halogens is 1. The number of hydrogen-bond donors (Lipinski definition) is 1. The smallest absolute Gasteiger partial charge is 0.0968 e. The molecule has 0 spiro atoms. The van der Waals surface area contributed by atoms with Crippen LogP contribution >= 0.6 is 38.6 Å². The van der Waals surface area contributed by atoms with Crippen LogP contribution < -0.4 is 0 Å². The lowest BCUT2D eigenvalue weighted by atomic mass is 10.2. The Labute approximate surface area is 121 Å². The lowest BCUT2D eigenvalue weighted by Crippen LogP contribution is -1.98. The van der Waals surface area contributed by atoms with E-state index in [1.807, 2.05) is 30.3 Å². The van der Waals surface area contributed by atoms with Crippen molar-refractivity contribution < 1.29 is 5.11 Å². The number of fused-ring (bicyclic) bond motifs is 1. The zero-order valence-corrected chi connectivity index (χ0v) is 12.6. The minimum atomic E-state index is -0.470. The number of nitrogens with zero attached hydrogens (tertiary/aromatic N) is 1. The number of thiazole rings is 1. The third-order valence-electron chi connectivity index (χ3n) is 2.63. The molecule has 0 radical (unpaired) electrons. The fourth-order valence-electron chi connectivity index (χ4n) is 1.78. The Kier molecular flexibility index (Phi) is 3.48. The molecule has 2 heterocycles. The van der Waals surface area contributed by atoms with Crippen LogP contribution in [0.4, 0.5) is 0 Å². The first-order chi connectivity index (χ1) is 8.72. The molecule has 1 unspecified atom stereocenters. The van der Waals surface area contributed by atoms with E-state index in [0.717, 1.165) is 19.2 Å². The van der Waals surface area contributed by atoms with Gasteiger partial charge in [-0.25, -0.2) is 4.98 Å². The summed E-state index contributed by atoms with van der Waals surface area (Å²) < 4.78 is 2.22. The lowest BCUT2D eigenvalue weighted by molar-refractivity contribution is 0.182. The largest absolute Gasteiger partial charge is 0.387 e. The molecule has 0 bridgehead atoms. The quantitative estimate of drug-likeness (QED) is 0.767. The second kappa shape index (κ2) is 5.09. The molecular weight excluding hydrogens is 330 g/mol. The average molecular weight is 340 g/mol. The SMILES string of the molecule is OC(Cc1nc2ccccc2s1)c1ccc(Br)s1. The molecule has 0 fully saturated rings. The highest BCUT2D eigenvalue weighted by Crippen LogP contribution is 2.31. The van der Waals surface area contributed by atoms with E-state index in [1.54, 1.807) is 22.7 Å². The molecule has 0 amide bonds. The molecular formula is C13H10BrNOS2. The van der Waals surface area contributed by atoms with E-state index in [1.165, 1.54) is 4.70 Å². The summed E-state index contributed by atoms with van der Waals surface area (Å²) in [5.74, 6) is 0. The number of hydrogen-bond acceptors (Lipinski definition) is 4. The van der Waals surface area contributed by atoms with Gasteiger partial charge in [0.2, 0.25) is 0 Å². The fraction of sp³-hybridized carbons (Fsp3) is 0.154. The molecule has 1 atom stereocenters. The van der Waals surface area contributed by atoms with E-state index in [4.69, 9.17) is 0 Å². The Morgan fingerprint density at radius 1 is 1.17 bits per heavy atom. The first kappa shape index (κ1) is 12.3. The van der Waals surface area contributed by atoms with Crippen LogP contribution in [0.25, 0.3) is 10.2 Å².